The highest BCUT2D eigenvalue weighted by Gasteiger charge is 2.36. The Labute approximate surface area is 137 Å². The van der Waals surface area contributed by atoms with Crippen LogP contribution in [-0.4, -0.2) is 36.5 Å². The molecule has 1 aliphatic heterocycles. The number of nitrogens with two attached hydrogens (primary N) is 1. The third-order valence-electron chi connectivity index (χ3n) is 4.45. The van der Waals surface area contributed by atoms with Crippen molar-refractivity contribution in [3.63, 3.8) is 0 Å². The van der Waals surface area contributed by atoms with E-state index >= 15 is 0 Å². The second-order valence-electron chi connectivity index (χ2n) is 6.36. The summed E-state index contributed by atoms with van der Waals surface area (Å²) in [5.41, 5.74) is 6.94. The van der Waals surface area contributed by atoms with Crippen LogP contribution in [0.25, 0.3) is 0 Å². The van der Waals surface area contributed by atoms with Crippen LogP contribution in [0.1, 0.15) is 25.8 Å². The Bertz CT molecular complexity index is 540. The Morgan fingerprint density at radius 1 is 1.55 bits per heavy atom. The van der Waals surface area contributed by atoms with Crippen molar-refractivity contribution in [2.75, 3.05) is 25.0 Å². The van der Waals surface area contributed by atoms with Gasteiger partial charge in [-0.3, -0.25) is 9.69 Å². The monoisotopic (exact) mass is 329 g/mol. The lowest BCUT2D eigenvalue weighted by Crippen LogP contribution is -2.42. The number of nitrogens with one attached hydrogen (secondary N) is 1. The molecule has 0 aliphatic carbocycles. The quantitative estimate of drug-likeness (QED) is 0.892. The van der Waals surface area contributed by atoms with Crippen LogP contribution in [-0.2, 0) is 4.79 Å². The molecule has 1 aliphatic rings. The summed E-state index contributed by atoms with van der Waals surface area (Å²) in [6, 6.07) is 4.49. The Kier molecular flexibility index (Phi) is 6.35. The van der Waals surface area contributed by atoms with Gasteiger partial charge in [-0.05, 0) is 56.5 Å². The van der Waals surface area contributed by atoms with Gasteiger partial charge in [0.15, 0.2) is 0 Å². The van der Waals surface area contributed by atoms with Crippen molar-refractivity contribution in [3.05, 3.63) is 29.6 Å². The number of carbonyl (C=O) groups excluding carboxylic acids is 1. The van der Waals surface area contributed by atoms with Gasteiger partial charge in [0.2, 0.25) is 5.91 Å². The molecular formula is C16H25ClFN3O. The van der Waals surface area contributed by atoms with E-state index in [1.165, 1.54) is 6.07 Å². The largest absolute Gasteiger partial charge is 0.330 e. The van der Waals surface area contributed by atoms with Gasteiger partial charge in [0, 0.05) is 12.2 Å². The summed E-state index contributed by atoms with van der Waals surface area (Å²) in [7, 11) is 0. The Balaban J connectivity index is 0.00000242. The summed E-state index contributed by atoms with van der Waals surface area (Å²) >= 11 is 0. The summed E-state index contributed by atoms with van der Waals surface area (Å²) in [6.45, 7) is 8.03. The second-order valence-corrected chi connectivity index (χ2v) is 6.36. The molecular weight excluding hydrogens is 305 g/mol. The normalized spacial score (nSPS) is 23.0. The molecule has 0 bridgehead atoms. The van der Waals surface area contributed by atoms with Crippen molar-refractivity contribution >= 4 is 24.0 Å². The van der Waals surface area contributed by atoms with Crippen molar-refractivity contribution in [1.29, 1.82) is 0 Å². The SMILES string of the molecule is Cc1ccc(NC(=O)C(C)N2CCC(C)(CN)C2)cc1F.Cl. The van der Waals surface area contributed by atoms with Gasteiger partial charge in [-0.15, -0.1) is 12.4 Å². The number of anilines is 1. The van der Waals surface area contributed by atoms with Crippen LogP contribution in [0.5, 0.6) is 0 Å². The van der Waals surface area contributed by atoms with Gasteiger partial charge in [-0.25, -0.2) is 4.39 Å². The molecule has 1 aromatic carbocycles. The lowest BCUT2D eigenvalue weighted by atomic mass is 9.90. The van der Waals surface area contributed by atoms with Gasteiger partial charge in [-0.1, -0.05) is 13.0 Å². The van der Waals surface area contributed by atoms with Crippen LogP contribution in [0.2, 0.25) is 0 Å². The first-order chi connectivity index (χ1) is 9.84. The van der Waals surface area contributed by atoms with Crippen LogP contribution < -0.4 is 11.1 Å². The molecule has 0 radical (unpaired) electrons. The minimum atomic E-state index is -0.308. The van der Waals surface area contributed by atoms with Crippen molar-refractivity contribution in [1.82, 2.24) is 4.90 Å². The van der Waals surface area contributed by atoms with Gasteiger partial charge in [0.1, 0.15) is 5.82 Å². The molecule has 1 heterocycles. The number of nitrogens with zero attached hydrogens (tertiary/aromatic N) is 1. The van der Waals surface area contributed by atoms with Crippen LogP contribution in [0, 0.1) is 18.2 Å². The van der Waals surface area contributed by atoms with E-state index in [9.17, 15) is 9.18 Å². The maximum atomic E-state index is 13.5. The third kappa shape index (κ3) is 4.18. The fourth-order valence-corrected chi connectivity index (χ4v) is 2.64. The first-order valence-corrected chi connectivity index (χ1v) is 7.36. The molecule has 2 rings (SSSR count). The topological polar surface area (TPSA) is 58.4 Å². The summed E-state index contributed by atoms with van der Waals surface area (Å²) in [5.74, 6) is -0.420. The lowest BCUT2D eigenvalue weighted by molar-refractivity contribution is -0.120. The first kappa shape index (κ1) is 18.9. The number of benzene rings is 1. The summed E-state index contributed by atoms with van der Waals surface area (Å²) < 4.78 is 13.5. The molecule has 1 aromatic rings. The Morgan fingerprint density at radius 3 is 2.77 bits per heavy atom. The number of halogens is 2. The number of hydrogen-bond acceptors (Lipinski definition) is 3. The highest BCUT2D eigenvalue weighted by molar-refractivity contribution is 5.94. The predicted molar refractivity (Wildman–Crippen MR) is 89.8 cm³/mol. The Morgan fingerprint density at radius 2 is 2.23 bits per heavy atom. The van der Waals surface area contributed by atoms with Gasteiger partial charge in [0.05, 0.1) is 6.04 Å². The summed E-state index contributed by atoms with van der Waals surface area (Å²) in [4.78, 5) is 14.4. The number of aryl methyl sites for hydroxylation is 1. The van der Waals surface area contributed by atoms with Crippen molar-refractivity contribution in [2.45, 2.75) is 33.2 Å². The average molecular weight is 330 g/mol. The van der Waals surface area contributed by atoms with Gasteiger partial charge < -0.3 is 11.1 Å². The van der Waals surface area contributed by atoms with E-state index in [2.05, 4.69) is 17.1 Å². The third-order valence-corrected chi connectivity index (χ3v) is 4.45. The van der Waals surface area contributed by atoms with E-state index in [-0.39, 0.29) is 35.6 Å². The van der Waals surface area contributed by atoms with E-state index in [1.807, 2.05) is 6.92 Å². The first-order valence-electron chi connectivity index (χ1n) is 7.36. The number of hydrogen-bond donors (Lipinski definition) is 2. The molecule has 1 amide bonds. The number of carbonyl (C=O) groups is 1. The van der Waals surface area contributed by atoms with Crippen LogP contribution >= 0.6 is 12.4 Å². The van der Waals surface area contributed by atoms with E-state index in [1.54, 1.807) is 19.1 Å². The van der Waals surface area contributed by atoms with Crippen LogP contribution in [0.15, 0.2) is 18.2 Å². The molecule has 22 heavy (non-hydrogen) atoms. The Hall–Kier alpha value is -1.17. The fourth-order valence-electron chi connectivity index (χ4n) is 2.64. The van der Waals surface area contributed by atoms with E-state index in [0.717, 1.165) is 19.5 Å². The van der Waals surface area contributed by atoms with Gasteiger partial charge >= 0.3 is 0 Å². The molecule has 4 nitrogen and oxygen atoms in total. The van der Waals surface area contributed by atoms with Crippen molar-refractivity contribution < 1.29 is 9.18 Å². The fraction of sp³-hybridized carbons (Fsp3) is 0.562. The molecule has 3 N–H and O–H groups in total. The maximum absolute atomic E-state index is 13.5. The highest BCUT2D eigenvalue weighted by atomic mass is 35.5. The predicted octanol–water partition coefficient (Wildman–Crippen LogP) is 2.55. The van der Waals surface area contributed by atoms with E-state index < -0.39 is 0 Å². The minimum absolute atomic E-state index is 0. The van der Waals surface area contributed by atoms with Crippen molar-refractivity contribution in [3.8, 4) is 0 Å². The molecule has 6 heteroatoms. The van der Waals surface area contributed by atoms with Crippen molar-refractivity contribution in [2.24, 2.45) is 11.1 Å². The van der Waals surface area contributed by atoms with Gasteiger partial charge in [0.25, 0.3) is 0 Å². The number of amides is 1. The zero-order valence-electron chi connectivity index (χ0n) is 13.4. The molecule has 124 valence electrons. The summed E-state index contributed by atoms with van der Waals surface area (Å²) in [6.07, 6.45) is 1.00. The summed E-state index contributed by atoms with van der Waals surface area (Å²) in [5, 5.41) is 2.78. The van der Waals surface area contributed by atoms with E-state index in [4.69, 9.17) is 5.73 Å². The maximum Gasteiger partial charge on any atom is 0.241 e. The molecule has 2 atom stereocenters. The zero-order valence-corrected chi connectivity index (χ0v) is 14.2. The smallest absolute Gasteiger partial charge is 0.241 e. The minimum Gasteiger partial charge on any atom is -0.330 e. The van der Waals surface area contributed by atoms with Crippen LogP contribution in [0.3, 0.4) is 0 Å². The second kappa shape index (κ2) is 7.40. The lowest BCUT2D eigenvalue weighted by Gasteiger charge is -2.26. The van der Waals surface area contributed by atoms with Crippen LogP contribution in [0.4, 0.5) is 10.1 Å². The van der Waals surface area contributed by atoms with Gasteiger partial charge in [-0.2, -0.15) is 0 Å². The standard InChI is InChI=1S/C16H24FN3O.ClH/c1-11-4-5-13(8-14(11)17)19-15(21)12(2)20-7-6-16(3,9-18)10-20;/h4-5,8,12H,6-7,9-10,18H2,1-3H3,(H,19,21);1H. The van der Waals surface area contributed by atoms with E-state index in [0.29, 0.717) is 17.8 Å². The highest BCUT2D eigenvalue weighted by Crippen LogP contribution is 2.30. The molecule has 1 fully saturated rings. The molecule has 1 saturated heterocycles. The number of rotatable bonds is 4. The molecule has 2 unspecified atom stereocenters. The molecule has 0 saturated carbocycles. The zero-order chi connectivity index (χ0) is 15.6. The molecule has 0 spiro atoms. The molecule has 0 aromatic heterocycles. The average Bonchev–Trinajstić information content (AvgIpc) is 2.85. The number of likely N-dealkylation sites (tertiary alicyclic amines) is 1.